The van der Waals surface area contributed by atoms with Crippen LogP contribution in [0.1, 0.15) is 25.7 Å². The molecule has 0 aromatic rings. The fourth-order valence-corrected chi connectivity index (χ4v) is 5.13. The van der Waals surface area contributed by atoms with E-state index >= 15 is 0 Å². The molecule has 2 saturated carbocycles. The van der Waals surface area contributed by atoms with Crippen LogP contribution in [0, 0.1) is 23.7 Å². The quantitative estimate of drug-likeness (QED) is 0.467. The summed E-state index contributed by atoms with van der Waals surface area (Å²) in [5, 5.41) is 29.7. The first kappa shape index (κ1) is 13.9. The number of hydrogen-bond donors (Lipinski definition) is 3. The van der Waals surface area contributed by atoms with Crippen LogP contribution < -0.4 is 0 Å². The highest BCUT2D eigenvalue weighted by Crippen LogP contribution is 2.59. The molecule has 0 radical (unpaired) electrons. The third-order valence-electron chi connectivity index (χ3n) is 6.39. The fraction of sp³-hybridized carbons (Fsp3) is 0.933. The first-order chi connectivity index (χ1) is 10.1. The number of rotatable bonds is 2. The number of aliphatic hydroxyl groups excluding tert-OH is 2. The second kappa shape index (κ2) is 4.41. The molecule has 3 N–H and O–H groups in total. The molecule has 4 rings (SSSR count). The molecule has 2 saturated heterocycles. The molecule has 21 heavy (non-hydrogen) atoms. The zero-order valence-corrected chi connectivity index (χ0v) is 11.9. The van der Waals surface area contributed by atoms with Gasteiger partial charge in [-0.05, 0) is 37.5 Å². The lowest BCUT2D eigenvalue weighted by Crippen LogP contribution is -2.46. The number of epoxide rings is 1. The van der Waals surface area contributed by atoms with Gasteiger partial charge in [-0.25, -0.2) is 4.79 Å². The summed E-state index contributed by atoms with van der Waals surface area (Å²) in [6, 6.07) is 0. The van der Waals surface area contributed by atoms with Crippen LogP contribution in [-0.4, -0.2) is 58.4 Å². The van der Waals surface area contributed by atoms with Gasteiger partial charge in [-0.2, -0.15) is 0 Å². The Bertz CT molecular complexity index is 461. The zero-order chi connectivity index (χ0) is 14.8. The highest BCUT2D eigenvalue weighted by molar-refractivity contribution is 5.82. The van der Waals surface area contributed by atoms with Crippen LogP contribution in [0.15, 0.2) is 0 Å². The molecule has 0 aromatic heterocycles. The minimum Gasteiger partial charge on any atom is -0.459 e. The third-order valence-corrected chi connectivity index (χ3v) is 6.39. The number of ether oxygens (including phenoxy) is 2. The van der Waals surface area contributed by atoms with Gasteiger partial charge in [0.1, 0.15) is 6.10 Å². The van der Waals surface area contributed by atoms with Gasteiger partial charge in [-0.15, -0.1) is 0 Å². The third kappa shape index (κ3) is 1.70. The van der Waals surface area contributed by atoms with Gasteiger partial charge in [0.2, 0.25) is 0 Å². The lowest BCUT2D eigenvalue weighted by molar-refractivity contribution is -0.160. The van der Waals surface area contributed by atoms with Crippen molar-refractivity contribution in [3.05, 3.63) is 0 Å². The number of carbonyl (C=O) groups excluding carboxylic acids is 1. The van der Waals surface area contributed by atoms with E-state index in [1.54, 1.807) is 0 Å². The molecule has 0 bridgehead atoms. The van der Waals surface area contributed by atoms with Crippen molar-refractivity contribution in [2.75, 3.05) is 19.8 Å². The Balaban J connectivity index is 1.73. The van der Waals surface area contributed by atoms with Crippen molar-refractivity contribution in [1.82, 2.24) is 0 Å². The molecule has 4 aliphatic rings. The Kier molecular flexibility index (Phi) is 2.93. The number of esters is 1. The number of carbonyl (C=O) groups is 1. The average molecular weight is 298 g/mol. The Labute approximate surface area is 123 Å². The number of fused-ring (bicyclic) bond motifs is 4. The van der Waals surface area contributed by atoms with Crippen molar-refractivity contribution in [3.8, 4) is 0 Å². The second-order valence-corrected chi connectivity index (χ2v) is 7.15. The van der Waals surface area contributed by atoms with Crippen LogP contribution in [0.4, 0.5) is 0 Å². The van der Waals surface area contributed by atoms with Gasteiger partial charge in [0.05, 0.1) is 18.8 Å². The standard InChI is InChI=1S/C15H22O6/c16-5-8-1-2-9-11(8)12-10(3-4-14(9)7-20-14)15(19,6-17)13(18)21-12/h8-12,16-17,19H,1-7H2. The maximum Gasteiger partial charge on any atom is 0.341 e. The summed E-state index contributed by atoms with van der Waals surface area (Å²) in [4.78, 5) is 12.0. The summed E-state index contributed by atoms with van der Waals surface area (Å²) in [6.07, 6.45) is 2.84. The second-order valence-electron chi connectivity index (χ2n) is 7.15. The van der Waals surface area contributed by atoms with E-state index in [2.05, 4.69) is 0 Å². The smallest absolute Gasteiger partial charge is 0.341 e. The SMILES string of the molecule is O=C1OC2C3C(CO)CCC3C3(CCC2C1(O)CO)CO3. The zero-order valence-electron chi connectivity index (χ0n) is 11.9. The summed E-state index contributed by atoms with van der Waals surface area (Å²) in [5.41, 5.74) is -1.94. The van der Waals surface area contributed by atoms with Crippen molar-refractivity contribution in [1.29, 1.82) is 0 Å². The molecule has 2 aliphatic carbocycles. The van der Waals surface area contributed by atoms with Crippen LogP contribution in [0.25, 0.3) is 0 Å². The minimum atomic E-state index is -1.79. The summed E-state index contributed by atoms with van der Waals surface area (Å²) in [7, 11) is 0. The molecule has 118 valence electrons. The summed E-state index contributed by atoms with van der Waals surface area (Å²) < 4.78 is 11.3. The molecular formula is C15H22O6. The molecule has 1 spiro atoms. The van der Waals surface area contributed by atoms with Gasteiger partial charge < -0.3 is 24.8 Å². The van der Waals surface area contributed by atoms with Crippen LogP contribution in [0.3, 0.4) is 0 Å². The van der Waals surface area contributed by atoms with Gasteiger partial charge in [-0.1, -0.05) is 0 Å². The van der Waals surface area contributed by atoms with Crippen LogP contribution in [-0.2, 0) is 14.3 Å². The van der Waals surface area contributed by atoms with Crippen molar-refractivity contribution in [3.63, 3.8) is 0 Å². The van der Waals surface area contributed by atoms with Gasteiger partial charge in [0, 0.05) is 18.4 Å². The topological polar surface area (TPSA) is 99.5 Å². The normalized spacial score (nSPS) is 55.0. The molecule has 6 heteroatoms. The lowest BCUT2D eigenvalue weighted by Gasteiger charge is -2.31. The maximum absolute atomic E-state index is 12.0. The largest absolute Gasteiger partial charge is 0.459 e. The van der Waals surface area contributed by atoms with E-state index in [4.69, 9.17) is 9.47 Å². The van der Waals surface area contributed by atoms with Crippen molar-refractivity contribution < 1.29 is 29.6 Å². The van der Waals surface area contributed by atoms with Crippen molar-refractivity contribution in [2.45, 2.75) is 43.0 Å². The molecule has 2 aliphatic heterocycles. The predicted molar refractivity (Wildman–Crippen MR) is 70.1 cm³/mol. The summed E-state index contributed by atoms with van der Waals surface area (Å²) in [5.74, 6) is -0.739. The van der Waals surface area contributed by atoms with Gasteiger partial charge in [0.25, 0.3) is 0 Å². The minimum absolute atomic E-state index is 0.0227. The molecular weight excluding hydrogens is 276 g/mol. The van der Waals surface area contributed by atoms with Crippen LogP contribution in [0.2, 0.25) is 0 Å². The molecule has 7 atom stereocenters. The van der Waals surface area contributed by atoms with Gasteiger partial charge in [-0.3, -0.25) is 0 Å². The number of aliphatic hydroxyl groups is 3. The molecule has 4 fully saturated rings. The van der Waals surface area contributed by atoms with Crippen molar-refractivity contribution >= 4 is 5.97 Å². The monoisotopic (exact) mass is 298 g/mol. The van der Waals surface area contributed by atoms with E-state index < -0.39 is 30.2 Å². The van der Waals surface area contributed by atoms with Crippen LogP contribution >= 0.6 is 0 Å². The van der Waals surface area contributed by atoms with Crippen molar-refractivity contribution in [2.24, 2.45) is 23.7 Å². The summed E-state index contributed by atoms with van der Waals surface area (Å²) in [6.45, 7) is 0.175. The Morgan fingerprint density at radius 1 is 1.19 bits per heavy atom. The van der Waals surface area contributed by atoms with E-state index in [1.807, 2.05) is 0 Å². The molecule has 0 amide bonds. The fourth-order valence-electron chi connectivity index (χ4n) is 5.13. The Morgan fingerprint density at radius 3 is 2.57 bits per heavy atom. The van der Waals surface area contributed by atoms with E-state index in [0.29, 0.717) is 6.42 Å². The lowest BCUT2D eigenvalue weighted by atomic mass is 9.75. The first-order valence-electron chi connectivity index (χ1n) is 7.85. The average Bonchev–Trinajstić information content (AvgIpc) is 3.10. The molecule has 6 nitrogen and oxygen atoms in total. The van der Waals surface area contributed by atoms with E-state index in [1.165, 1.54) is 0 Å². The summed E-state index contributed by atoms with van der Waals surface area (Å²) >= 11 is 0. The molecule has 0 aromatic carbocycles. The first-order valence-corrected chi connectivity index (χ1v) is 7.85. The molecule has 2 heterocycles. The highest BCUT2D eigenvalue weighted by Gasteiger charge is 2.68. The Hall–Kier alpha value is -0.690. The van der Waals surface area contributed by atoms with E-state index in [-0.39, 0.29) is 30.0 Å². The van der Waals surface area contributed by atoms with Crippen LogP contribution in [0.5, 0.6) is 0 Å². The van der Waals surface area contributed by atoms with E-state index in [0.717, 1.165) is 25.9 Å². The number of hydrogen-bond acceptors (Lipinski definition) is 6. The Morgan fingerprint density at radius 2 is 1.95 bits per heavy atom. The predicted octanol–water partition coefficient (Wildman–Crippen LogP) is -0.551. The molecule has 7 unspecified atom stereocenters. The maximum atomic E-state index is 12.0. The van der Waals surface area contributed by atoms with Gasteiger partial charge >= 0.3 is 5.97 Å². The highest BCUT2D eigenvalue weighted by atomic mass is 16.6. The van der Waals surface area contributed by atoms with E-state index in [9.17, 15) is 20.1 Å². The van der Waals surface area contributed by atoms with Gasteiger partial charge in [0.15, 0.2) is 5.60 Å².